The van der Waals surface area contributed by atoms with Gasteiger partial charge in [0.15, 0.2) is 5.17 Å². The Balaban J connectivity index is 1.48. The number of hydrogen-bond acceptors (Lipinski definition) is 3. The van der Waals surface area contributed by atoms with Gasteiger partial charge in [-0.2, -0.15) is 0 Å². The molecule has 3 rings (SSSR count). The highest BCUT2D eigenvalue weighted by molar-refractivity contribution is 8.13. The van der Waals surface area contributed by atoms with Crippen molar-refractivity contribution < 1.29 is 0 Å². The van der Waals surface area contributed by atoms with Gasteiger partial charge < -0.3 is 5.32 Å². The minimum Gasteiger partial charge on any atom is -0.365 e. The highest BCUT2D eigenvalue weighted by Crippen LogP contribution is 2.41. The van der Waals surface area contributed by atoms with Crippen LogP contribution in [0.15, 0.2) is 4.99 Å². The molecule has 2 nitrogen and oxygen atoms in total. The molecule has 0 aromatic rings. The first kappa shape index (κ1) is 13.8. The molecule has 3 heteroatoms. The van der Waals surface area contributed by atoms with Crippen LogP contribution in [0.5, 0.6) is 0 Å². The van der Waals surface area contributed by atoms with Crippen LogP contribution in [0.25, 0.3) is 0 Å². The van der Waals surface area contributed by atoms with Crippen LogP contribution in [0.4, 0.5) is 0 Å². The molecule has 2 unspecified atom stereocenters. The first-order chi connectivity index (χ1) is 9.27. The lowest BCUT2D eigenvalue weighted by Gasteiger charge is -2.38. The number of amidine groups is 1. The standard InChI is InChI=1S/C16H28N2S/c1-13-6-5-7-14(13)10-17-15-18-11-16(12-19-15)8-3-2-4-9-16/h13-14H,2-12H2,1H3,(H,17,18). The molecule has 2 atom stereocenters. The second kappa shape index (κ2) is 6.07. The number of nitrogens with zero attached hydrogens (tertiary/aromatic N) is 1. The van der Waals surface area contributed by atoms with E-state index in [1.165, 1.54) is 62.3 Å². The van der Waals surface area contributed by atoms with Crippen LogP contribution in [0, 0.1) is 17.3 Å². The van der Waals surface area contributed by atoms with Crippen molar-refractivity contribution in [3.63, 3.8) is 0 Å². The van der Waals surface area contributed by atoms with Gasteiger partial charge in [0.05, 0.1) is 0 Å². The van der Waals surface area contributed by atoms with Gasteiger partial charge in [-0.15, -0.1) is 0 Å². The van der Waals surface area contributed by atoms with Crippen molar-refractivity contribution in [1.29, 1.82) is 0 Å². The highest BCUT2D eigenvalue weighted by atomic mass is 32.2. The summed E-state index contributed by atoms with van der Waals surface area (Å²) in [4.78, 5) is 4.86. The number of thioether (sulfide) groups is 1. The zero-order valence-corrected chi connectivity index (χ0v) is 13.1. The van der Waals surface area contributed by atoms with Gasteiger partial charge in [-0.3, -0.25) is 4.99 Å². The van der Waals surface area contributed by atoms with E-state index < -0.39 is 0 Å². The summed E-state index contributed by atoms with van der Waals surface area (Å²) in [5, 5.41) is 4.86. The predicted octanol–water partition coefficient (Wildman–Crippen LogP) is 4.07. The maximum atomic E-state index is 4.86. The number of nitrogens with one attached hydrogen (secondary N) is 1. The van der Waals surface area contributed by atoms with Crippen molar-refractivity contribution >= 4 is 16.9 Å². The lowest BCUT2D eigenvalue weighted by molar-refractivity contribution is 0.232. The minimum absolute atomic E-state index is 0.564. The topological polar surface area (TPSA) is 24.4 Å². The first-order valence-corrected chi connectivity index (χ1v) is 9.17. The van der Waals surface area contributed by atoms with E-state index in [-0.39, 0.29) is 0 Å². The molecule has 0 radical (unpaired) electrons. The fourth-order valence-electron chi connectivity index (χ4n) is 4.01. The zero-order valence-electron chi connectivity index (χ0n) is 12.3. The Kier molecular flexibility index (Phi) is 4.40. The van der Waals surface area contributed by atoms with Crippen LogP contribution in [-0.2, 0) is 0 Å². The smallest absolute Gasteiger partial charge is 0.156 e. The van der Waals surface area contributed by atoms with Crippen molar-refractivity contribution in [2.24, 2.45) is 22.2 Å². The fourth-order valence-corrected chi connectivity index (χ4v) is 5.17. The monoisotopic (exact) mass is 280 g/mol. The van der Waals surface area contributed by atoms with Gasteiger partial charge in [0.2, 0.25) is 0 Å². The maximum Gasteiger partial charge on any atom is 0.156 e. The number of rotatable bonds is 2. The Morgan fingerprint density at radius 2 is 2.05 bits per heavy atom. The van der Waals surface area contributed by atoms with Crippen LogP contribution in [0.1, 0.15) is 58.3 Å². The van der Waals surface area contributed by atoms with Crippen LogP contribution in [0.2, 0.25) is 0 Å². The normalized spacial score (nSPS) is 34.3. The van der Waals surface area contributed by atoms with Crippen molar-refractivity contribution in [2.45, 2.75) is 58.3 Å². The summed E-state index contributed by atoms with van der Waals surface area (Å²) in [6, 6.07) is 0. The molecule has 1 heterocycles. The molecule has 0 bridgehead atoms. The van der Waals surface area contributed by atoms with E-state index in [9.17, 15) is 0 Å². The SMILES string of the molecule is CC1CCCC1CNC1=NCC2(CCCCC2)CS1. The molecule has 19 heavy (non-hydrogen) atoms. The van der Waals surface area contributed by atoms with Gasteiger partial charge in [0.25, 0.3) is 0 Å². The average molecular weight is 280 g/mol. The molecule has 2 fully saturated rings. The third kappa shape index (κ3) is 3.29. The Hall–Kier alpha value is -0.180. The van der Waals surface area contributed by atoms with Gasteiger partial charge in [-0.25, -0.2) is 0 Å². The molecule has 0 saturated heterocycles. The molecule has 1 spiro atoms. The Morgan fingerprint density at radius 3 is 2.68 bits per heavy atom. The van der Waals surface area contributed by atoms with E-state index in [0.717, 1.165) is 24.9 Å². The summed E-state index contributed by atoms with van der Waals surface area (Å²) in [5.41, 5.74) is 0.564. The van der Waals surface area contributed by atoms with E-state index in [1.807, 2.05) is 11.8 Å². The van der Waals surface area contributed by atoms with E-state index in [0.29, 0.717) is 5.41 Å². The van der Waals surface area contributed by atoms with E-state index in [2.05, 4.69) is 12.2 Å². The molecule has 2 aliphatic carbocycles. The lowest BCUT2D eigenvalue weighted by atomic mass is 9.75. The van der Waals surface area contributed by atoms with Gasteiger partial charge in [0.1, 0.15) is 0 Å². The van der Waals surface area contributed by atoms with Crippen LogP contribution < -0.4 is 5.32 Å². The third-order valence-electron chi connectivity index (χ3n) is 5.54. The second-order valence-electron chi connectivity index (χ2n) is 7.02. The molecule has 0 amide bonds. The van der Waals surface area contributed by atoms with Crippen molar-refractivity contribution in [3.05, 3.63) is 0 Å². The quantitative estimate of drug-likeness (QED) is 0.824. The molecule has 3 aliphatic rings. The van der Waals surface area contributed by atoms with Crippen molar-refractivity contribution in [2.75, 3.05) is 18.8 Å². The lowest BCUT2D eigenvalue weighted by Crippen LogP contribution is -2.38. The number of hydrogen-bond donors (Lipinski definition) is 1. The molecule has 0 aromatic heterocycles. The summed E-state index contributed by atoms with van der Waals surface area (Å²) in [7, 11) is 0. The largest absolute Gasteiger partial charge is 0.365 e. The van der Waals surface area contributed by atoms with Crippen LogP contribution in [-0.4, -0.2) is 24.0 Å². The molecule has 108 valence electrons. The van der Waals surface area contributed by atoms with Crippen molar-refractivity contribution in [1.82, 2.24) is 5.32 Å². The predicted molar refractivity (Wildman–Crippen MR) is 84.8 cm³/mol. The van der Waals surface area contributed by atoms with Crippen LogP contribution in [0.3, 0.4) is 0 Å². The average Bonchev–Trinajstić information content (AvgIpc) is 2.85. The Labute approximate surface area is 122 Å². The molecule has 1 N–H and O–H groups in total. The zero-order chi connectivity index (χ0) is 13.1. The van der Waals surface area contributed by atoms with Gasteiger partial charge >= 0.3 is 0 Å². The summed E-state index contributed by atoms with van der Waals surface area (Å²) in [6.07, 6.45) is 11.4. The Bertz CT molecular complexity index is 334. The third-order valence-corrected chi connectivity index (χ3v) is 6.85. The molecular weight excluding hydrogens is 252 g/mol. The number of aliphatic imine (C=N–C) groups is 1. The van der Waals surface area contributed by atoms with Gasteiger partial charge in [-0.05, 0) is 36.5 Å². The summed E-state index contributed by atoms with van der Waals surface area (Å²) >= 11 is 1.99. The van der Waals surface area contributed by atoms with Gasteiger partial charge in [0, 0.05) is 18.8 Å². The molecule has 0 aromatic carbocycles. The Morgan fingerprint density at radius 1 is 1.21 bits per heavy atom. The van der Waals surface area contributed by atoms with E-state index in [1.54, 1.807) is 0 Å². The van der Waals surface area contributed by atoms with E-state index >= 15 is 0 Å². The summed E-state index contributed by atoms with van der Waals surface area (Å²) in [6.45, 7) is 4.65. The minimum atomic E-state index is 0.564. The fraction of sp³-hybridized carbons (Fsp3) is 0.938. The molecule has 1 aliphatic heterocycles. The summed E-state index contributed by atoms with van der Waals surface area (Å²) < 4.78 is 0. The highest BCUT2D eigenvalue weighted by Gasteiger charge is 2.35. The van der Waals surface area contributed by atoms with Crippen molar-refractivity contribution in [3.8, 4) is 0 Å². The van der Waals surface area contributed by atoms with Gasteiger partial charge in [-0.1, -0.05) is 50.8 Å². The summed E-state index contributed by atoms with van der Waals surface area (Å²) in [5.74, 6) is 3.10. The van der Waals surface area contributed by atoms with Crippen LogP contribution >= 0.6 is 11.8 Å². The molecular formula is C16H28N2S. The second-order valence-corrected chi connectivity index (χ2v) is 7.98. The maximum absolute atomic E-state index is 4.86. The first-order valence-electron chi connectivity index (χ1n) is 8.19. The van der Waals surface area contributed by atoms with E-state index in [4.69, 9.17) is 4.99 Å². The molecule has 2 saturated carbocycles.